The van der Waals surface area contributed by atoms with Gasteiger partial charge in [0.1, 0.15) is 24.0 Å². The van der Waals surface area contributed by atoms with Gasteiger partial charge in [-0.05, 0) is 85.3 Å². The van der Waals surface area contributed by atoms with E-state index in [1.54, 1.807) is 0 Å². The Bertz CT molecular complexity index is 4050. The summed E-state index contributed by atoms with van der Waals surface area (Å²) in [5, 5.41) is 14.0. The topological polar surface area (TPSA) is 55.8 Å². The lowest BCUT2D eigenvalue weighted by Crippen LogP contribution is -2.30. The molecule has 0 amide bonds. The van der Waals surface area contributed by atoms with Gasteiger partial charge in [0.15, 0.2) is 5.84 Å². The van der Waals surface area contributed by atoms with E-state index in [1.807, 2.05) is 42.4 Å². The minimum absolute atomic E-state index is 0.637. The number of rotatable bonds is 8. The fourth-order valence-corrected chi connectivity index (χ4v) is 11.1. The Morgan fingerprint density at radius 1 is 0.437 bits per heavy atom. The number of hydrogen-bond acceptors (Lipinski definition) is 5. The van der Waals surface area contributed by atoms with E-state index in [0.29, 0.717) is 6.67 Å². The molecule has 0 N–H and O–H groups in total. The van der Waals surface area contributed by atoms with Crippen LogP contribution in [0.15, 0.2) is 230 Å². The molecule has 13 aromatic rings. The Morgan fingerprint density at radius 3 is 1.49 bits per heavy atom. The summed E-state index contributed by atoms with van der Waals surface area (Å²) in [6, 6.07) is 77.5. The zero-order valence-electron chi connectivity index (χ0n) is 39.1. The number of pyridine rings is 1. The van der Waals surface area contributed by atoms with Crippen LogP contribution >= 0.6 is 0 Å². The molecule has 0 radical (unpaired) electrons. The highest BCUT2D eigenvalue weighted by molar-refractivity contribution is 6.13. The van der Waals surface area contributed by atoms with Crippen LogP contribution in [-0.4, -0.2) is 43.2 Å². The van der Waals surface area contributed by atoms with E-state index in [2.05, 4.69) is 220 Å². The molecule has 0 saturated heterocycles. The summed E-state index contributed by atoms with van der Waals surface area (Å²) in [4.78, 5) is 7.66. The summed E-state index contributed by atoms with van der Waals surface area (Å²) in [6.45, 7) is 2.86. The van der Waals surface area contributed by atoms with Crippen molar-refractivity contribution in [3.8, 4) is 39.8 Å². The number of anilines is 1. The summed E-state index contributed by atoms with van der Waals surface area (Å²) in [5.74, 6) is 3.21. The Hall–Kier alpha value is -9.40. The fourth-order valence-electron chi connectivity index (χ4n) is 11.1. The van der Waals surface area contributed by atoms with Gasteiger partial charge in [-0.15, -0.1) is 0 Å². The van der Waals surface area contributed by atoms with Crippen molar-refractivity contribution < 1.29 is 4.74 Å². The van der Waals surface area contributed by atoms with E-state index < -0.39 is 0 Å². The second kappa shape index (κ2) is 16.1. The van der Waals surface area contributed by atoms with Gasteiger partial charge < -0.3 is 18.8 Å². The van der Waals surface area contributed by atoms with Crippen molar-refractivity contribution in [2.75, 3.05) is 18.6 Å². The quantitative estimate of drug-likeness (QED) is 0.152. The van der Waals surface area contributed by atoms with Gasteiger partial charge in [-0.3, -0.25) is 9.58 Å². The third-order valence-electron chi connectivity index (χ3n) is 14.2. The SMILES string of the molecule is Cc1cc(-n2c3ccccc3c3ccc(Oc4cccc(N5CN(C)N=C5c5ccccc5)c4)cc32)ncc1-c1c(-n2c3ccccc3c3ccccc32)cccc1-n1c2ccccc2c2ccccc21. The first-order chi connectivity index (χ1) is 35.1. The molecule has 1 aliphatic heterocycles. The highest BCUT2D eigenvalue weighted by Crippen LogP contribution is 2.44. The number of para-hydroxylation sites is 5. The van der Waals surface area contributed by atoms with Crippen molar-refractivity contribution in [1.29, 1.82) is 0 Å². The lowest BCUT2D eigenvalue weighted by molar-refractivity contribution is 0.393. The van der Waals surface area contributed by atoms with E-state index >= 15 is 0 Å². The second-order valence-corrected chi connectivity index (χ2v) is 18.4. The summed E-state index contributed by atoms with van der Waals surface area (Å²) >= 11 is 0. The van der Waals surface area contributed by atoms with Crippen LogP contribution in [0.5, 0.6) is 11.5 Å². The number of ether oxygens (including phenoxy) is 1. The van der Waals surface area contributed by atoms with Crippen molar-refractivity contribution in [2.45, 2.75) is 6.92 Å². The Kier molecular flexibility index (Phi) is 9.22. The molecule has 0 unspecified atom stereocenters. The van der Waals surface area contributed by atoms with Gasteiger partial charge in [0.05, 0.1) is 44.5 Å². The normalized spacial score (nSPS) is 12.9. The van der Waals surface area contributed by atoms with E-state index in [4.69, 9.17) is 14.8 Å². The summed E-state index contributed by atoms with van der Waals surface area (Å²) in [7, 11) is 2.00. The predicted octanol–water partition coefficient (Wildman–Crippen LogP) is 15.2. The number of hydrazone groups is 1. The standard InChI is InChI=1S/C63H45N7O/c1-41-36-61(70-57-31-15-10-26-50(57)51-35-34-45(38-60(51)70)71-44-21-16-20-43(37-44)67-40-66(2)65-63(67)42-18-4-3-5-19-42)64-39-52(41)62-58(68-53-27-11-6-22-46(53)47-23-7-12-28-54(47)68)32-17-33-59(62)69-55-29-13-8-24-48(55)49-25-9-14-30-56(49)69/h3-39H,40H2,1-2H3. The molecular weight excluding hydrogens is 871 g/mol. The molecule has 5 heterocycles. The van der Waals surface area contributed by atoms with Crippen LogP contribution in [0.25, 0.3) is 93.7 Å². The number of amidine groups is 1. The van der Waals surface area contributed by atoms with E-state index in [9.17, 15) is 0 Å². The van der Waals surface area contributed by atoms with E-state index in [-0.39, 0.29) is 0 Å². The Balaban J connectivity index is 0.927. The third kappa shape index (κ3) is 6.45. The molecule has 71 heavy (non-hydrogen) atoms. The lowest BCUT2D eigenvalue weighted by atomic mass is 9.98. The largest absolute Gasteiger partial charge is 0.457 e. The predicted molar refractivity (Wildman–Crippen MR) is 292 cm³/mol. The molecule has 0 atom stereocenters. The van der Waals surface area contributed by atoms with Gasteiger partial charge in [-0.25, -0.2) is 4.98 Å². The fraction of sp³-hybridized carbons (Fsp3) is 0.0476. The number of benzene rings is 9. The van der Waals surface area contributed by atoms with Gasteiger partial charge in [0, 0.05) is 80.1 Å². The van der Waals surface area contributed by atoms with E-state index in [1.165, 1.54) is 21.5 Å². The highest BCUT2D eigenvalue weighted by Gasteiger charge is 2.26. The maximum Gasteiger partial charge on any atom is 0.161 e. The average molecular weight is 916 g/mol. The number of hydrogen-bond donors (Lipinski definition) is 0. The van der Waals surface area contributed by atoms with E-state index in [0.717, 1.165) is 106 Å². The molecule has 0 aliphatic carbocycles. The maximum absolute atomic E-state index is 6.74. The van der Waals surface area contributed by atoms with Crippen molar-refractivity contribution >= 4 is 76.9 Å². The smallest absolute Gasteiger partial charge is 0.161 e. The molecule has 0 bridgehead atoms. The van der Waals surface area contributed by atoms with Gasteiger partial charge in [0.25, 0.3) is 0 Å². The lowest BCUT2D eigenvalue weighted by Gasteiger charge is -2.21. The summed E-state index contributed by atoms with van der Waals surface area (Å²) in [6.07, 6.45) is 2.09. The first kappa shape index (κ1) is 40.6. The first-order valence-corrected chi connectivity index (χ1v) is 24.1. The third-order valence-corrected chi connectivity index (χ3v) is 14.2. The average Bonchev–Trinajstić information content (AvgIpc) is 4.16. The van der Waals surface area contributed by atoms with Crippen LogP contribution in [0.2, 0.25) is 0 Å². The van der Waals surface area contributed by atoms with Gasteiger partial charge >= 0.3 is 0 Å². The van der Waals surface area contributed by atoms with Crippen molar-refractivity contribution in [1.82, 2.24) is 23.7 Å². The maximum atomic E-state index is 6.74. The molecule has 0 fully saturated rings. The van der Waals surface area contributed by atoms with Crippen molar-refractivity contribution in [3.63, 3.8) is 0 Å². The summed E-state index contributed by atoms with van der Waals surface area (Å²) < 4.78 is 13.9. The monoisotopic (exact) mass is 915 g/mol. The number of aryl methyl sites for hydroxylation is 1. The molecule has 0 saturated carbocycles. The molecule has 0 spiro atoms. The molecule has 9 aromatic carbocycles. The molecular formula is C63H45N7O. The number of fused-ring (bicyclic) bond motifs is 9. The van der Waals surface area contributed by atoms with Crippen LogP contribution in [0.3, 0.4) is 0 Å². The van der Waals surface area contributed by atoms with Gasteiger partial charge in [0.2, 0.25) is 0 Å². The minimum Gasteiger partial charge on any atom is -0.457 e. The number of aromatic nitrogens is 4. The molecule has 8 heteroatoms. The van der Waals surface area contributed by atoms with Crippen molar-refractivity contribution in [3.05, 3.63) is 236 Å². The van der Waals surface area contributed by atoms with Crippen LogP contribution in [0.4, 0.5) is 5.69 Å². The summed E-state index contributed by atoms with van der Waals surface area (Å²) in [5.41, 5.74) is 14.2. The van der Waals surface area contributed by atoms with Crippen molar-refractivity contribution in [2.24, 2.45) is 5.10 Å². The zero-order chi connectivity index (χ0) is 47.2. The Morgan fingerprint density at radius 2 is 0.930 bits per heavy atom. The van der Waals surface area contributed by atoms with Crippen LogP contribution in [0.1, 0.15) is 11.1 Å². The number of nitrogens with zero attached hydrogens (tertiary/aromatic N) is 7. The van der Waals surface area contributed by atoms with Crippen LogP contribution < -0.4 is 9.64 Å². The van der Waals surface area contributed by atoms with Gasteiger partial charge in [-0.1, -0.05) is 133 Å². The molecule has 4 aromatic heterocycles. The van der Waals surface area contributed by atoms with Gasteiger partial charge in [-0.2, -0.15) is 5.10 Å². The Labute approximate surface area is 409 Å². The molecule has 1 aliphatic rings. The highest BCUT2D eigenvalue weighted by atomic mass is 16.5. The molecule has 338 valence electrons. The zero-order valence-corrected chi connectivity index (χ0v) is 39.1. The first-order valence-electron chi connectivity index (χ1n) is 24.1. The minimum atomic E-state index is 0.637. The van der Waals surface area contributed by atoms with Crippen LogP contribution in [-0.2, 0) is 0 Å². The molecule has 14 rings (SSSR count). The second-order valence-electron chi connectivity index (χ2n) is 18.4. The molecule has 8 nitrogen and oxygen atoms in total. The van der Waals surface area contributed by atoms with Crippen LogP contribution in [0, 0.1) is 6.92 Å².